The zero-order chi connectivity index (χ0) is 12.6. The first-order valence-corrected chi connectivity index (χ1v) is 5.45. The number of rotatable bonds is 3. The Balaban J connectivity index is 2.60. The van der Waals surface area contributed by atoms with Crippen molar-refractivity contribution >= 4 is 17.9 Å². The van der Waals surface area contributed by atoms with Crippen molar-refractivity contribution in [3.63, 3.8) is 0 Å². The van der Waals surface area contributed by atoms with E-state index in [2.05, 4.69) is 0 Å². The summed E-state index contributed by atoms with van der Waals surface area (Å²) in [6.07, 6.45) is 0.983. The number of aldehydes is 1. The maximum absolute atomic E-state index is 12.2. The second kappa shape index (κ2) is 3.87. The molecule has 4 heteroatoms. The van der Waals surface area contributed by atoms with Gasteiger partial charge in [0.25, 0.3) is 0 Å². The summed E-state index contributed by atoms with van der Waals surface area (Å²) in [5, 5.41) is 0. The lowest BCUT2D eigenvalue weighted by molar-refractivity contribution is -0.124. The first-order valence-electron chi connectivity index (χ1n) is 5.45. The molecule has 0 aromatic heterocycles. The number of ether oxygens (including phenoxy) is 1. The summed E-state index contributed by atoms with van der Waals surface area (Å²) in [5.41, 5.74) is 0.942. The largest absolute Gasteiger partial charge is 0.497 e. The van der Waals surface area contributed by atoms with Gasteiger partial charge in [-0.15, -0.1) is 0 Å². The molecule has 1 amide bonds. The summed E-state index contributed by atoms with van der Waals surface area (Å²) in [5.74, 6) is 0.650. The third kappa shape index (κ3) is 1.52. The van der Waals surface area contributed by atoms with Crippen molar-refractivity contribution in [2.24, 2.45) is 0 Å². The van der Waals surface area contributed by atoms with E-state index >= 15 is 0 Å². The lowest BCUT2D eigenvalue weighted by Crippen LogP contribution is -2.36. The highest BCUT2D eigenvalue weighted by molar-refractivity contribution is 6.08. The highest BCUT2D eigenvalue weighted by Crippen LogP contribution is 2.44. The molecule has 0 N–H and O–H groups in total. The Hall–Kier alpha value is -1.84. The van der Waals surface area contributed by atoms with Crippen molar-refractivity contribution in [1.82, 2.24) is 0 Å². The van der Waals surface area contributed by atoms with Crippen LogP contribution < -0.4 is 9.64 Å². The first-order chi connectivity index (χ1) is 8.04. The quantitative estimate of drug-likeness (QED) is 0.743. The number of carbonyl (C=O) groups is 2. The second-order valence-electron chi connectivity index (χ2n) is 4.45. The van der Waals surface area contributed by atoms with E-state index in [9.17, 15) is 9.59 Å². The summed E-state index contributed by atoms with van der Waals surface area (Å²) in [7, 11) is 3.31. The van der Waals surface area contributed by atoms with Crippen LogP contribution in [0, 0.1) is 0 Å². The van der Waals surface area contributed by atoms with E-state index in [0.29, 0.717) is 5.75 Å². The van der Waals surface area contributed by atoms with Crippen LogP contribution in [0.2, 0.25) is 0 Å². The molecule has 17 heavy (non-hydrogen) atoms. The van der Waals surface area contributed by atoms with Gasteiger partial charge in [0.15, 0.2) is 0 Å². The molecule has 2 rings (SSSR count). The van der Waals surface area contributed by atoms with Gasteiger partial charge in [0.1, 0.15) is 12.0 Å². The molecule has 1 aliphatic rings. The van der Waals surface area contributed by atoms with E-state index in [1.165, 1.54) is 0 Å². The minimum Gasteiger partial charge on any atom is -0.497 e. The molecular formula is C13H15NO3. The number of methoxy groups -OCH3 is 1. The molecule has 0 saturated carbocycles. The number of fused-ring (bicyclic) bond motifs is 1. The Morgan fingerprint density at radius 3 is 2.76 bits per heavy atom. The smallest absolute Gasteiger partial charge is 0.237 e. The van der Waals surface area contributed by atoms with E-state index in [0.717, 1.165) is 17.5 Å². The van der Waals surface area contributed by atoms with Gasteiger partial charge in [-0.25, -0.2) is 0 Å². The van der Waals surface area contributed by atoms with Crippen molar-refractivity contribution in [3.05, 3.63) is 23.8 Å². The van der Waals surface area contributed by atoms with Crippen molar-refractivity contribution in [2.75, 3.05) is 19.1 Å². The average Bonchev–Trinajstić information content (AvgIpc) is 2.52. The Labute approximate surface area is 100 Å². The fourth-order valence-electron chi connectivity index (χ4n) is 2.34. The first kappa shape index (κ1) is 11.6. The zero-order valence-electron chi connectivity index (χ0n) is 10.2. The molecule has 4 nitrogen and oxygen atoms in total. The van der Waals surface area contributed by atoms with Gasteiger partial charge in [-0.2, -0.15) is 0 Å². The van der Waals surface area contributed by atoms with Crippen LogP contribution in [-0.2, 0) is 15.0 Å². The van der Waals surface area contributed by atoms with E-state index < -0.39 is 5.41 Å². The molecule has 0 saturated heterocycles. The molecule has 1 aromatic rings. The van der Waals surface area contributed by atoms with Crippen LogP contribution in [0.5, 0.6) is 5.75 Å². The summed E-state index contributed by atoms with van der Waals surface area (Å²) in [6.45, 7) is 1.80. The molecule has 1 aliphatic heterocycles. The lowest BCUT2D eigenvalue weighted by Gasteiger charge is -2.20. The molecule has 0 bridgehead atoms. The maximum Gasteiger partial charge on any atom is 0.237 e. The van der Waals surface area contributed by atoms with Gasteiger partial charge in [0.2, 0.25) is 5.91 Å². The molecule has 1 heterocycles. The average molecular weight is 233 g/mol. The van der Waals surface area contributed by atoms with Gasteiger partial charge in [0, 0.05) is 19.2 Å². The molecule has 1 atom stereocenters. The molecule has 1 aromatic carbocycles. The predicted molar refractivity (Wildman–Crippen MR) is 64.4 cm³/mol. The normalized spacial score (nSPS) is 22.5. The summed E-state index contributed by atoms with van der Waals surface area (Å²) < 4.78 is 5.16. The number of benzene rings is 1. The van der Waals surface area contributed by atoms with Gasteiger partial charge in [-0.3, -0.25) is 4.79 Å². The van der Waals surface area contributed by atoms with Gasteiger partial charge < -0.3 is 14.4 Å². The predicted octanol–water partition coefficient (Wildman–Crippen LogP) is 1.52. The highest BCUT2D eigenvalue weighted by Gasteiger charge is 2.45. The van der Waals surface area contributed by atoms with Gasteiger partial charge >= 0.3 is 0 Å². The Morgan fingerprint density at radius 1 is 1.47 bits per heavy atom. The van der Waals surface area contributed by atoms with Crippen LogP contribution in [0.4, 0.5) is 5.69 Å². The molecule has 0 spiro atoms. The van der Waals surface area contributed by atoms with Crippen LogP contribution >= 0.6 is 0 Å². The molecule has 0 radical (unpaired) electrons. The molecule has 0 fully saturated rings. The molecule has 0 aliphatic carbocycles. The monoisotopic (exact) mass is 233 g/mol. The van der Waals surface area contributed by atoms with Crippen LogP contribution in [-0.4, -0.2) is 26.4 Å². The summed E-state index contributed by atoms with van der Waals surface area (Å²) in [6, 6.07) is 5.50. The minimum absolute atomic E-state index is 0.0483. The zero-order valence-corrected chi connectivity index (χ0v) is 10.2. The van der Waals surface area contributed by atoms with Gasteiger partial charge in [0.05, 0.1) is 12.5 Å². The Kier molecular flexibility index (Phi) is 2.65. The summed E-state index contributed by atoms with van der Waals surface area (Å²) in [4.78, 5) is 24.6. The number of likely N-dealkylation sites (N-methyl/N-ethyl adjacent to an activating group) is 1. The minimum atomic E-state index is -0.764. The number of hydrogen-bond donors (Lipinski definition) is 0. The lowest BCUT2D eigenvalue weighted by atomic mass is 9.81. The molecule has 0 unspecified atom stereocenters. The van der Waals surface area contributed by atoms with Crippen molar-refractivity contribution < 1.29 is 14.3 Å². The fourth-order valence-corrected chi connectivity index (χ4v) is 2.34. The van der Waals surface area contributed by atoms with Crippen molar-refractivity contribution in [2.45, 2.75) is 18.8 Å². The fraction of sp³-hybridized carbons (Fsp3) is 0.385. The standard InChI is InChI=1S/C13H15NO3/c1-13(6-7-15)10-8-9(17-3)4-5-11(10)14(2)12(13)16/h4-5,7-8H,6H2,1-3H3/t13-/m0/s1. The van der Waals surface area contributed by atoms with Crippen LogP contribution in [0.25, 0.3) is 0 Å². The van der Waals surface area contributed by atoms with Crippen LogP contribution in [0.3, 0.4) is 0 Å². The SMILES string of the molecule is COc1ccc2c(c1)[C@](C)(CC=O)C(=O)N2C. The number of carbonyl (C=O) groups excluding carboxylic acids is 2. The number of anilines is 1. The van der Waals surface area contributed by atoms with E-state index in [1.807, 2.05) is 18.2 Å². The van der Waals surface area contributed by atoms with Crippen molar-refractivity contribution in [3.8, 4) is 5.75 Å². The Morgan fingerprint density at radius 2 is 2.18 bits per heavy atom. The number of hydrogen-bond acceptors (Lipinski definition) is 3. The maximum atomic E-state index is 12.2. The highest BCUT2D eigenvalue weighted by atomic mass is 16.5. The topological polar surface area (TPSA) is 46.6 Å². The third-order valence-electron chi connectivity index (χ3n) is 3.43. The van der Waals surface area contributed by atoms with Crippen LogP contribution in [0.15, 0.2) is 18.2 Å². The number of amides is 1. The van der Waals surface area contributed by atoms with Gasteiger partial charge in [-0.05, 0) is 30.7 Å². The summed E-state index contributed by atoms with van der Waals surface area (Å²) >= 11 is 0. The van der Waals surface area contributed by atoms with Crippen LogP contribution in [0.1, 0.15) is 18.9 Å². The van der Waals surface area contributed by atoms with Gasteiger partial charge in [-0.1, -0.05) is 0 Å². The third-order valence-corrected chi connectivity index (χ3v) is 3.43. The Bertz CT molecular complexity index is 484. The second-order valence-corrected chi connectivity index (χ2v) is 4.45. The van der Waals surface area contributed by atoms with Crippen molar-refractivity contribution in [1.29, 1.82) is 0 Å². The molecular weight excluding hydrogens is 218 g/mol. The van der Waals surface area contributed by atoms with E-state index in [-0.39, 0.29) is 12.3 Å². The molecule has 90 valence electrons. The van der Waals surface area contributed by atoms with E-state index in [4.69, 9.17) is 4.74 Å². The number of nitrogens with zero attached hydrogens (tertiary/aromatic N) is 1. The van der Waals surface area contributed by atoms with E-state index in [1.54, 1.807) is 26.0 Å².